The normalized spacial score (nSPS) is 10.3. The largest absolute Gasteiger partial charge is 0.348 e. The van der Waals surface area contributed by atoms with Crippen molar-refractivity contribution in [3.05, 3.63) is 68.9 Å². The Hall–Kier alpha value is -1.39. The number of hydrogen-bond acceptors (Lipinski definition) is 1. The SMILES string of the molecule is O=C(NCc1ccc(Cl)cc1)c1ccc(F)c(Br)c1. The first-order chi connectivity index (χ1) is 9.06. The minimum atomic E-state index is -0.394. The van der Waals surface area contributed by atoms with Crippen molar-refractivity contribution in [3.8, 4) is 0 Å². The Kier molecular flexibility index (Phi) is 4.56. The highest BCUT2D eigenvalue weighted by Crippen LogP contribution is 2.17. The summed E-state index contributed by atoms with van der Waals surface area (Å²) in [6, 6.07) is 11.3. The van der Waals surface area contributed by atoms with Crippen LogP contribution in [0.3, 0.4) is 0 Å². The number of halogens is 3. The summed E-state index contributed by atoms with van der Waals surface area (Å²) in [6.07, 6.45) is 0. The summed E-state index contributed by atoms with van der Waals surface area (Å²) < 4.78 is 13.3. The van der Waals surface area contributed by atoms with Crippen LogP contribution in [0.1, 0.15) is 15.9 Å². The van der Waals surface area contributed by atoms with Crippen molar-refractivity contribution in [2.45, 2.75) is 6.54 Å². The van der Waals surface area contributed by atoms with Crippen LogP contribution in [-0.4, -0.2) is 5.91 Å². The molecular formula is C14H10BrClFNO. The molecule has 2 rings (SSSR count). The van der Waals surface area contributed by atoms with Crippen molar-refractivity contribution in [1.29, 1.82) is 0 Å². The summed E-state index contributed by atoms with van der Waals surface area (Å²) in [5.74, 6) is -0.648. The number of amides is 1. The molecule has 1 amide bonds. The summed E-state index contributed by atoms with van der Waals surface area (Å²) in [5, 5.41) is 3.41. The van der Waals surface area contributed by atoms with Gasteiger partial charge in [0.15, 0.2) is 0 Å². The molecule has 0 unspecified atom stereocenters. The molecule has 0 aromatic heterocycles. The van der Waals surface area contributed by atoms with Crippen molar-refractivity contribution in [2.75, 3.05) is 0 Å². The van der Waals surface area contributed by atoms with E-state index in [-0.39, 0.29) is 10.4 Å². The van der Waals surface area contributed by atoms with E-state index in [9.17, 15) is 9.18 Å². The molecule has 0 spiro atoms. The zero-order valence-electron chi connectivity index (χ0n) is 9.79. The molecule has 0 bridgehead atoms. The Morgan fingerprint density at radius 3 is 2.53 bits per heavy atom. The zero-order chi connectivity index (χ0) is 13.8. The van der Waals surface area contributed by atoms with Crippen molar-refractivity contribution in [1.82, 2.24) is 5.32 Å². The van der Waals surface area contributed by atoms with Gasteiger partial charge in [0.25, 0.3) is 5.91 Å². The molecule has 0 atom stereocenters. The van der Waals surface area contributed by atoms with E-state index in [1.807, 2.05) is 12.1 Å². The van der Waals surface area contributed by atoms with Crippen LogP contribution in [-0.2, 0) is 6.54 Å². The number of carbonyl (C=O) groups excluding carboxylic acids is 1. The van der Waals surface area contributed by atoms with E-state index < -0.39 is 5.82 Å². The van der Waals surface area contributed by atoms with Crippen LogP contribution in [0.15, 0.2) is 46.9 Å². The maximum atomic E-state index is 13.1. The van der Waals surface area contributed by atoms with Gasteiger partial charge >= 0.3 is 0 Å². The molecule has 0 heterocycles. The summed E-state index contributed by atoms with van der Waals surface area (Å²) in [7, 11) is 0. The second kappa shape index (κ2) is 6.17. The Labute approximate surface area is 123 Å². The van der Waals surface area contributed by atoms with E-state index >= 15 is 0 Å². The third-order valence-corrected chi connectivity index (χ3v) is 3.41. The van der Waals surface area contributed by atoms with Crippen LogP contribution in [0.2, 0.25) is 5.02 Å². The van der Waals surface area contributed by atoms with Crippen LogP contribution >= 0.6 is 27.5 Å². The van der Waals surface area contributed by atoms with Crippen molar-refractivity contribution >= 4 is 33.4 Å². The molecule has 0 radical (unpaired) electrons. The topological polar surface area (TPSA) is 29.1 Å². The first kappa shape index (κ1) is 14.0. The predicted molar refractivity (Wildman–Crippen MR) is 76.7 cm³/mol. The second-order valence-electron chi connectivity index (χ2n) is 3.94. The van der Waals surface area contributed by atoms with Gasteiger partial charge in [-0.15, -0.1) is 0 Å². The molecule has 0 aliphatic carbocycles. The highest BCUT2D eigenvalue weighted by atomic mass is 79.9. The molecule has 1 N–H and O–H groups in total. The molecule has 0 saturated carbocycles. The van der Waals surface area contributed by atoms with Crippen molar-refractivity contribution < 1.29 is 9.18 Å². The quantitative estimate of drug-likeness (QED) is 0.891. The van der Waals surface area contributed by atoms with E-state index in [0.29, 0.717) is 17.1 Å². The van der Waals surface area contributed by atoms with E-state index in [4.69, 9.17) is 11.6 Å². The number of nitrogens with one attached hydrogen (secondary N) is 1. The fraction of sp³-hybridized carbons (Fsp3) is 0.0714. The van der Waals surface area contributed by atoms with Gasteiger partial charge in [-0.3, -0.25) is 4.79 Å². The second-order valence-corrected chi connectivity index (χ2v) is 5.23. The first-order valence-corrected chi connectivity index (χ1v) is 6.71. The molecule has 98 valence electrons. The van der Waals surface area contributed by atoms with Crippen molar-refractivity contribution in [2.24, 2.45) is 0 Å². The van der Waals surface area contributed by atoms with E-state index in [1.165, 1.54) is 18.2 Å². The molecule has 2 aromatic rings. The van der Waals surface area contributed by atoms with Crippen LogP contribution < -0.4 is 5.32 Å². The van der Waals surface area contributed by atoms with E-state index in [2.05, 4.69) is 21.2 Å². The minimum Gasteiger partial charge on any atom is -0.348 e. The van der Waals surface area contributed by atoms with Gasteiger partial charge in [0.1, 0.15) is 5.82 Å². The highest BCUT2D eigenvalue weighted by Gasteiger charge is 2.08. The maximum Gasteiger partial charge on any atom is 0.251 e. The minimum absolute atomic E-state index is 0.254. The number of rotatable bonds is 3. The molecule has 0 aliphatic rings. The molecule has 2 nitrogen and oxygen atoms in total. The number of hydrogen-bond donors (Lipinski definition) is 1. The average molecular weight is 343 g/mol. The lowest BCUT2D eigenvalue weighted by atomic mass is 10.2. The van der Waals surface area contributed by atoms with E-state index in [0.717, 1.165) is 5.56 Å². The lowest BCUT2D eigenvalue weighted by molar-refractivity contribution is 0.0951. The maximum absolute atomic E-state index is 13.1. The monoisotopic (exact) mass is 341 g/mol. The molecule has 0 saturated heterocycles. The third-order valence-electron chi connectivity index (χ3n) is 2.55. The fourth-order valence-electron chi connectivity index (χ4n) is 1.52. The standard InChI is InChI=1S/C14H10BrClFNO/c15-12-7-10(3-6-13(12)17)14(19)18-8-9-1-4-11(16)5-2-9/h1-7H,8H2,(H,18,19). The van der Waals surface area contributed by atoms with Gasteiger partial charge < -0.3 is 5.32 Å². The van der Waals surface area contributed by atoms with Crippen LogP contribution in [0.25, 0.3) is 0 Å². The van der Waals surface area contributed by atoms with Crippen LogP contribution in [0.4, 0.5) is 4.39 Å². The molecule has 5 heteroatoms. The molecule has 2 aromatic carbocycles. The van der Waals surface area contributed by atoms with Gasteiger partial charge in [0.2, 0.25) is 0 Å². The molecule has 19 heavy (non-hydrogen) atoms. The van der Waals surface area contributed by atoms with Crippen molar-refractivity contribution in [3.63, 3.8) is 0 Å². The van der Waals surface area contributed by atoms with Gasteiger partial charge in [-0.05, 0) is 51.8 Å². The lowest BCUT2D eigenvalue weighted by Gasteiger charge is -2.06. The van der Waals surface area contributed by atoms with Crippen LogP contribution in [0.5, 0.6) is 0 Å². The third kappa shape index (κ3) is 3.78. The Balaban J connectivity index is 2.01. The number of carbonyl (C=O) groups is 1. The van der Waals surface area contributed by atoms with Gasteiger partial charge in [-0.25, -0.2) is 4.39 Å². The first-order valence-electron chi connectivity index (χ1n) is 5.54. The van der Waals surface area contributed by atoms with Gasteiger partial charge in [-0.1, -0.05) is 23.7 Å². The lowest BCUT2D eigenvalue weighted by Crippen LogP contribution is -2.22. The van der Waals surface area contributed by atoms with Gasteiger partial charge in [0.05, 0.1) is 4.47 Å². The molecule has 0 fully saturated rings. The summed E-state index contributed by atoms with van der Waals surface area (Å²) >= 11 is 8.82. The fourth-order valence-corrected chi connectivity index (χ4v) is 2.03. The molecule has 0 aliphatic heterocycles. The highest BCUT2D eigenvalue weighted by molar-refractivity contribution is 9.10. The Morgan fingerprint density at radius 2 is 1.89 bits per heavy atom. The Morgan fingerprint density at radius 1 is 1.21 bits per heavy atom. The van der Waals surface area contributed by atoms with E-state index in [1.54, 1.807) is 12.1 Å². The molecular weight excluding hydrogens is 333 g/mol. The summed E-state index contributed by atoms with van der Waals surface area (Å²) in [5.41, 5.74) is 1.35. The predicted octanol–water partition coefficient (Wildman–Crippen LogP) is 4.17. The zero-order valence-corrected chi connectivity index (χ0v) is 12.1. The van der Waals surface area contributed by atoms with Gasteiger partial charge in [0, 0.05) is 17.1 Å². The van der Waals surface area contributed by atoms with Crippen LogP contribution in [0, 0.1) is 5.82 Å². The summed E-state index contributed by atoms with van der Waals surface area (Å²) in [6.45, 7) is 0.394. The number of benzene rings is 2. The summed E-state index contributed by atoms with van der Waals surface area (Å²) in [4.78, 5) is 11.9. The average Bonchev–Trinajstić information content (AvgIpc) is 2.41. The van der Waals surface area contributed by atoms with Gasteiger partial charge in [-0.2, -0.15) is 0 Å². The Bertz CT molecular complexity index is 601. The smallest absolute Gasteiger partial charge is 0.251 e.